The molecule has 1 heterocycles. The lowest BCUT2D eigenvalue weighted by Crippen LogP contribution is -2.34. The smallest absolute Gasteiger partial charge is 0.273 e. The van der Waals surface area contributed by atoms with E-state index in [-0.39, 0.29) is 27.9 Å². The first-order valence-corrected chi connectivity index (χ1v) is 14.3. The summed E-state index contributed by atoms with van der Waals surface area (Å²) in [5.41, 5.74) is 2.12. The number of sulfone groups is 1. The van der Waals surface area contributed by atoms with E-state index in [9.17, 15) is 13.2 Å². The molecule has 1 aromatic heterocycles. The van der Waals surface area contributed by atoms with Crippen molar-refractivity contribution in [1.82, 2.24) is 14.9 Å². The number of ether oxygens (including phenoxy) is 1. The average Bonchev–Trinajstić information content (AvgIpc) is 3.12. The van der Waals surface area contributed by atoms with Crippen molar-refractivity contribution >= 4 is 27.3 Å². The van der Waals surface area contributed by atoms with Crippen molar-refractivity contribution in [1.29, 1.82) is 0 Å². The monoisotopic (exact) mass is 509 g/mol. The number of methoxy groups -OCH3 is 1. The zero-order chi connectivity index (χ0) is 25.0. The molecular weight excluding hydrogens is 474 g/mol. The molecule has 0 atom stereocenters. The van der Waals surface area contributed by atoms with E-state index in [0.717, 1.165) is 24.9 Å². The Hall–Kier alpha value is -2.06. The lowest BCUT2D eigenvalue weighted by Gasteiger charge is -2.27. The highest BCUT2D eigenvalue weighted by atomic mass is 35.5. The zero-order valence-corrected chi connectivity index (χ0v) is 22.3. The number of benzene rings is 1. The van der Waals surface area contributed by atoms with Gasteiger partial charge >= 0.3 is 0 Å². The van der Waals surface area contributed by atoms with Gasteiger partial charge in [0.1, 0.15) is 26.6 Å². The summed E-state index contributed by atoms with van der Waals surface area (Å²) in [7, 11) is -1.38. The Labute approximate surface area is 208 Å². The van der Waals surface area contributed by atoms with Gasteiger partial charge in [-0.25, -0.2) is 13.4 Å². The van der Waals surface area contributed by atoms with E-state index in [1.54, 1.807) is 11.7 Å². The minimum atomic E-state index is -3.00. The number of nitrogens with zero attached hydrogens (tertiary/aromatic N) is 2. The van der Waals surface area contributed by atoms with Crippen molar-refractivity contribution in [2.45, 2.75) is 64.5 Å². The van der Waals surface area contributed by atoms with Gasteiger partial charge in [0.25, 0.3) is 5.91 Å². The molecule has 1 aliphatic carbocycles. The molecule has 7 nitrogen and oxygen atoms in total. The number of imidazole rings is 1. The highest BCUT2D eigenvalue weighted by Crippen LogP contribution is 2.32. The summed E-state index contributed by atoms with van der Waals surface area (Å²) in [4.78, 5) is 17.5. The van der Waals surface area contributed by atoms with Crippen molar-refractivity contribution in [2.75, 3.05) is 19.9 Å². The summed E-state index contributed by atoms with van der Waals surface area (Å²) >= 11 is 6.70. The summed E-state index contributed by atoms with van der Waals surface area (Å²) < 4.78 is 31.0. The van der Waals surface area contributed by atoms with Crippen LogP contribution in [0.2, 0.25) is 5.15 Å². The zero-order valence-electron chi connectivity index (χ0n) is 20.7. The summed E-state index contributed by atoms with van der Waals surface area (Å²) in [5, 5.41) is 2.95. The minimum Gasteiger partial charge on any atom is -0.495 e. The van der Waals surface area contributed by atoms with Gasteiger partial charge in [0, 0.05) is 19.2 Å². The molecule has 2 aromatic rings. The minimum absolute atomic E-state index is 0.191. The summed E-state index contributed by atoms with van der Waals surface area (Å²) in [6.07, 6.45) is 5.67. The van der Waals surface area contributed by atoms with Crippen LogP contribution in [-0.4, -0.2) is 49.0 Å². The Morgan fingerprint density at radius 3 is 2.50 bits per heavy atom. The molecule has 1 saturated carbocycles. The number of aromatic nitrogens is 2. The molecule has 34 heavy (non-hydrogen) atoms. The number of halogens is 1. The second kappa shape index (κ2) is 11.1. The third-order valence-electron chi connectivity index (χ3n) is 6.50. The van der Waals surface area contributed by atoms with Gasteiger partial charge in [0.2, 0.25) is 0 Å². The highest BCUT2D eigenvalue weighted by molar-refractivity contribution is 7.91. The summed E-state index contributed by atoms with van der Waals surface area (Å²) in [6.45, 7) is 6.79. The van der Waals surface area contributed by atoms with Crippen LogP contribution in [0.1, 0.15) is 68.3 Å². The third kappa shape index (κ3) is 6.13. The molecule has 3 rings (SSSR count). The predicted molar refractivity (Wildman–Crippen MR) is 136 cm³/mol. The van der Waals surface area contributed by atoms with Crippen molar-refractivity contribution in [3.05, 3.63) is 40.4 Å². The van der Waals surface area contributed by atoms with Crippen molar-refractivity contribution < 1.29 is 17.9 Å². The van der Waals surface area contributed by atoms with Gasteiger partial charge in [-0.2, -0.15) is 0 Å². The van der Waals surface area contributed by atoms with Crippen LogP contribution in [0.5, 0.6) is 5.75 Å². The quantitative estimate of drug-likeness (QED) is 0.532. The van der Waals surface area contributed by atoms with Gasteiger partial charge in [-0.1, -0.05) is 38.4 Å². The number of carbonyl (C=O) groups excluding carboxylic acids is 1. The van der Waals surface area contributed by atoms with E-state index in [1.807, 2.05) is 19.1 Å². The van der Waals surface area contributed by atoms with E-state index < -0.39 is 9.84 Å². The Morgan fingerprint density at radius 2 is 1.94 bits per heavy atom. The van der Waals surface area contributed by atoms with Crippen LogP contribution >= 0.6 is 11.6 Å². The van der Waals surface area contributed by atoms with E-state index in [2.05, 4.69) is 30.2 Å². The summed E-state index contributed by atoms with van der Waals surface area (Å²) in [6, 6.07) is 6.03. The summed E-state index contributed by atoms with van der Waals surface area (Å²) in [5.74, 6) is 1.82. The van der Waals surface area contributed by atoms with Crippen molar-refractivity contribution in [3.63, 3.8) is 0 Å². The second-order valence-electron chi connectivity index (χ2n) is 9.64. The van der Waals surface area contributed by atoms with Crippen LogP contribution in [0.4, 0.5) is 0 Å². The topological polar surface area (TPSA) is 90.3 Å². The first kappa shape index (κ1) is 26.5. The molecule has 0 saturated heterocycles. The molecule has 0 unspecified atom stereocenters. The molecule has 0 bridgehead atoms. The normalized spacial score (nSPS) is 18.8. The van der Waals surface area contributed by atoms with Gasteiger partial charge < -0.3 is 10.1 Å². The molecular formula is C25H36ClN3O4S. The van der Waals surface area contributed by atoms with E-state index >= 15 is 0 Å². The SMILES string of the molecule is CCc1nc(C(=O)NC[C@H]2CC[C@@H](S(C)(=O)=O)CC2)c(Cl)n1-c1ccc(CC(C)C)cc1OC. The second-order valence-corrected chi connectivity index (χ2v) is 12.3. The van der Waals surface area contributed by atoms with E-state index in [4.69, 9.17) is 16.3 Å². The largest absolute Gasteiger partial charge is 0.495 e. The molecule has 188 valence electrons. The number of rotatable bonds is 9. The van der Waals surface area contributed by atoms with Crippen LogP contribution < -0.4 is 10.1 Å². The lowest BCUT2D eigenvalue weighted by atomic mass is 9.89. The average molecular weight is 510 g/mol. The standard InChI is InChI=1S/C25H36ClN3O4S/c1-6-22-28-23(25(30)27-15-17-7-10-19(11-8-17)34(5,31)32)24(26)29(22)20-12-9-18(13-16(2)3)14-21(20)33-4/h9,12,14,16-17,19H,6-8,10-11,13,15H2,1-5H3,(H,27,30)/t17-,19+. The first-order valence-electron chi connectivity index (χ1n) is 12.0. The number of aryl methyl sites for hydroxylation is 1. The van der Waals surface area contributed by atoms with Gasteiger partial charge in [-0.15, -0.1) is 0 Å². The molecule has 1 N–H and O–H groups in total. The maximum Gasteiger partial charge on any atom is 0.273 e. The fourth-order valence-corrected chi connectivity index (χ4v) is 6.11. The van der Waals surface area contributed by atoms with Crippen LogP contribution in [-0.2, 0) is 22.7 Å². The molecule has 9 heteroatoms. The molecule has 1 aromatic carbocycles. The van der Waals surface area contributed by atoms with Crippen molar-refractivity contribution in [2.24, 2.45) is 11.8 Å². The van der Waals surface area contributed by atoms with Gasteiger partial charge in [-0.3, -0.25) is 9.36 Å². The Balaban J connectivity index is 1.77. The van der Waals surface area contributed by atoms with Crippen LogP contribution in [0, 0.1) is 11.8 Å². The van der Waals surface area contributed by atoms with Gasteiger partial charge in [0.15, 0.2) is 5.69 Å². The highest BCUT2D eigenvalue weighted by Gasteiger charge is 2.29. The number of carbonyl (C=O) groups is 1. The number of hydrogen-bond donors (Lipinski definition) is 1. The molecule has 1 aliphatic rings. The van der Waals surface area contributed by atoms with Crippen LogP contribution in [0.3, 0.4) is 0 Å². The number of hydrogen-bond acceptors (Lipinski definition) is 5. The Morgan fingerprint density at radius 1 is 1.26 bits per heavy atom. The van der Waals surface area contributed by atoms with Crippen molar-refractivity contribution in [3.8, 4) is 11.4 Å². The fourth-order valence-electron chi connectivity index (χ4n) is 4.66. The lowest BCUT2D eigenvalue weighted by molar-refractivity contribution is 0.0939. The maximum absolute atomic E-state index is 13.0. The Kier molecular flexibility index (Phi) is 8.68. The molecule has 0 aliphatic heterocycles. The fraction of sp³-hybridized carbons (Fsp3) is 0.600. The third-order valence-corrected chi connectivity index (χ3v) is 8.53. The molecule has 0 spiro atoms. The number of nitrogens with one attached hydrogen (secondary N) is 1. The molecule has 0 radical (unpaired) electrons. The Bertz CT molecular complexity index is 1120. The predicted octanol–water partition coefficient (Wildman–Crippen LogP) is 4.63. The van der Waals surface area contributed by atoms with Crippen LogP contribution in [0.15, 0.2) is 18.2 Å². The maximum atomic E-state index is 13.0. The van der Waals surface area contributed by atoms with Gasteiger partial charge in [0.05, 0.1) is 18.0 Å². The van der Waals surface area contributed by atoms with E-state index in [1.165, 1.54) is 11.8 Å². The number of amides is 1. The van der Waals surface area contributed by atoms with E-state index in [0.29, 0.717) is 43.3 Å². The molecule has 1 fully saturated rings. The van der Waals surface area contributed by atoms with Gasteiger partial charge in [-0.05, 0) is 61.6 Å². The van der Waals surface area contributed by atoms with Crippen LogP contribution in [0.25, 0.3) is 5.69 Å². The first-order chi connectivity index (χ1) is 16.0. The molecule has 1 amide bonds.